The second kappa shape index (κ2) is 8.19. The van der Waals surface area contributed by atoms with E-state index in [2.05, 4.69) is 35.2 Å². The SMILES string of the molecule is COc1cc2c(cc1OCc1ccccc1)C[C@H]1c3c(cc4c(c3OC)OCO4)CCN1C2. The van der Waals surface area contributed by atoms with Crippen molar-refractivity contribution in [2.24, 2.45) is 0 Å². The molecule has 3 aromatic rings. The van der Waals surface area contributed by atoms with E-state index in [0.717, 1.165) is 60.2 Å². The number of fused-ring (bicyclic) bond motifs is 5. The van der Waals surface area contributed by atoms with Crippen LogP contribution in [0.2, 0.25) is 0 Å². The fraction of sp³-hybridized carbons (Fsp3) is 0.333. The Labute approximate surface area is 193 Å². The standard InChI is InChI=1S/C27H27NO5/c1-29-22-13-20-14-28-9-8-18-11-24-26(33-16-32-24)27(30-2)25(18)21(28)10-19(20)12-23(22)31-15-17-6-4-3-5-7-17/h3-7,11-13,21H,8-10,14-16H2,1-2H3/t21-/m0/s1. The Kier molecular flexibility index (Phi) is 5.03. The molecule has 0 spiro atoms. The molecule has 6 rings (SSSR count). The van der Waals surface area contributed by atoms with E-state index in [1.165, 1.54) is 22.3 Å². The molecule has 0 fully saturated rings. The summed E-state index contributed by atoms with van der Waals surface area (Å²) < 4.78 is 29.2. The molecule has 0 aromatic heterocycles. The predicted molar refractivity (Wildman–Crippen MR) is 123 cm³/mol. The highest BCUT2D eigenvalue weighted by Crippen LogP contribution is 2.52. The molecule has 0 radical (unpaired) electrons. The minimum atomic E-state index is 0.223. The second-order valence-corrected chi connectivity index (χ2v) is 8.70. The number of hydrogen-bond acceptors (Lipinski definition) is 6. The number of methoxy groups -OCH3 is 2. The largest absolute Gasteiger partial charge is 0.493 e. The molecular formula is C27H27NO5. The van der Waals surface area contributed by atoms with Crippen LogP contribution in [0.3, 0.4) is 0 Å². The van der Waals surface area contributed by atoms with Gasteiger partial charge in [0.15, 0.2) is 23.0 Å². The molecule has 3 aliphatic rings. The van der Waals surface area contributed by atoms with Gasteiger partial charge in [0.05, 0.1) is 14.2 Å². The first-order chi connectivity index (χ1) is 16.2. The fourth-order valence-corrected chi connectivity index (χ4v) is 5.29. The number of rotatable bonds is 5. The van der Waals surface area contributed by atoms with Crippen LogP contribution in [-0.4, -0.2) is 32.5 Å². The topological polar surface area (TPSA) is 49.4 Å². The first-order valence-electron chi connectivity index (χ1n) is 11.3. The Hall–Kier alpha value is -3.38. The zero-order valence-electron chi connectivity index (χ0n) is 18.9. The van der Waals surface area contributed by atoms with Crippen molar-refractivity contribution >= 4 is 0 Å². The van der Waals surface area contributed by atoms with Gasteiger partial charge in [-0.05, 0) is 53.3 Å². The lowest BCUT2D eigenvalue weighted by atomic mass is 9.83. The lowest BCUT2D eigenvalue weighted by Gasteiger charge is -2.42. The predicted octanol–water partition coefficient (Wildman–Crippen LogP) is 4.67. The highest BCUT2D eigenvalue weighted by molar-refractivity contribution is 5.62. The van der Waals surface area contributed by atoms with Crippen molar-refractivity contribution in [1.82, 2.24) is 4.90 Å². The summed E-state index contributed by atoms with van der Waals surface area (Å²) in [6.45, 7) is 2.61. The molecular weight excluding hydrogens is 418 g/mol. The van der Waals surface area contributed by atoms with Crippen molar-refractivity contribution in [3.8, 4) is 28.7 Å². The van der Waals surface area contributed by atoms with Gasteiger partial charge in [-0.2, -0.15) is 0 Å². The van der Waals surface area contributed by atoms with E-state index in [9.17, 15) is 0 Å². The molecule has 0 unspecified atom stereocenters. The Morgan fingerprint density at radius 3 is 2.61 bits per heavy atom. The van der Waals surface area contributed by atoms with Crippen LogP contribution in [0.4, 0.5) is 0 Å². The third-order valence-corrected chi connectivity index (χ3v) is 6.90. The average Bonchev–Trinajstić information content (AvgIpc) is 3.33. The summed E-state index contributed by atoms with van der Waals surface area (Å²) in [6, 6.07) is 16.8. The molecule has 1 atom stereocenters. The molecule has 0 saturated carbocycles. The van der Waals surface area contributed by atoms with Gasteiger partial charge in [-0.1, -0.05) is 30.3 Å². The molecule has 0 saturated heterocycles. The van der Waals surface area contributed by atoms with E-state index in [4.69, 9.17) is 23.7 Å². The van der Waals surface area contributed by atoms with Crippen molar-refractivity contribution in [3.05, 3.63) is 76.3 Å². The molecule has 0 N–H and O–H groups in total. The Morgan fingerprint density at radius 2 is 1.79 bits per heavy atom. The van der Waals surface area contributed by atoms with E-state index in [-0.39, 0.29) is 12.8 Å². The summed E-state index contributed by atoms with van der Waals surface area (Å²) in [5.41, 5.74) is 6.22. The van der Waals surface area contributed by atoms with Gasteiger partial charge in [-0.3, -0.25) is 4.90 Å². The van der Waals surface area contributed by atoms with Crippen LogP contribution in [0.5, 0.6) is 28.7 Å². The zero-order chi connectivity index (χ0) is 22.4. The Balaban J connectivity index is 1.35. The third-order valence-electron chi connectivity index (χ3n) is 6.90. The van der Waals surface area contributed by atoms with Gasteiger partial charge in [0.1, 0.15) is 6.61 Å². The number of benzene rings is 3. The molecule has 3 aliphatic heterocycles. The van der Waals surface area contributed by atoms with Crippen molar-refractivity contribution in [3.63, 3.8) is 0 Å². The van der Waals surface area contributed by atoms with Crippen LogP contribution >= 0.6 is 0 Å². The summed E-state index contributed by atoms with van der Waals surface area (Å²) >= 11 is 0. The van der Waals surface area contributed by atoms with Gasteiger partial charge in [0, 0.05) is 24.7 Å². The summed E-state index contributed by atoms with van der Waals surface area (Å²) in [5.74, 6) is 3.89. The first-order valence-corrected chi connectivity index (χ1v) is 11.3. The normalized spacial score (nSPS) is 18.2. The fourth-order valence-electron chi connectivity index (χ4n) is 5.29. The van der Waals surface area contributed by atoms with Crippen LogP contribution in [0.15, 0.2) is 48.5 Å². The minimum absolute atomic E-state index is 0.223. The number of hydrogen-bond donors (Lipinski definition) is 0. The van der Waals surface area contributed by atoms with Crippen molar-refractivity contribution in [1.29, 1.82) is 0 Å². The summed E-state index contributed by atoms with van der Waals surface area (Å²) in [5, 5.41) is 0. The summed E-state index contributed by atoms with van der Waals surface area (Å²) in [4.78, 5) is 2.53. The van der Waals surface area contributed by atoms with Gasteiger partial charge in [-0.15, -0.1) is 0 Å². The molecule has 170 valence electrons. The third kappa shape index (κ3) is 3.45. The smallest absolute Gasteiger partial charge is 0.231 e. The van der Waals surface area contributed by atoms with Gasteiger partial charge >= 0.3 is 0 Å². The molecule has 0 aliphatic carbocycles. The minimum Gasteiger partial charge on any atom is -0.493 e. The molecule has 3 heterocycles. The van der Waals surface area contributed by atoms with Crippen LogP contribution in [-0.2, 0) is 26.0 Å². The van der Waals surface area contributed by atoms with E-state index in [1.807, 2.05) is 18.2 Å². The Bertz CT molecular complexity index is 1190. The van der Waals surface area contributed by atoms with Gasteiger partial charge in [0.25, 0.3) is 0 Å². The lowest BCUT2D eigenvalue weighted by Crippen LogP contribution is -2.39. The van der Waals surface area contributed by atoms with Crippen LogP contribution in [0.25, 0.3) is 0 Å². The van der Waals surface area contributed by atoms with E-state index in [0.29, 0.717) is 6.61 Å². The maximum atomic E-state index is 6.19. The molecule has 33 heavy (non-hydrogen) atoms. The van der Waals surface area contributed by atoms with Crippen molar-refractivity contribution in [2.45, 2.75) is 32.0 Å². The highest BCUT2D eigenvalue weighted by Gasteiger charge is 2.38. The van der Waals surface area contributed by atoms with Gasteiger partial charge in [0.2, 0.25) is 12.5 Å². The second-order valence-electron chi connectivity index (χ2n) is 8.70. The molecule has 0 bridgehead atoms. The lowest BCUT2D eigenvalue weighted by molar-refractivity contribution is 0.155. The monoisotopic (exact) mass is 445 g/mol. The summed E-state index contributed by atoms with van der Waals surface area (Å²) in [7, 11) is 3.42. The van der Waals surface area contributed by atoms with Crippen LogP contribution in [0.1, 0.15) is 33.9 Å². The molecule has 6 nitrogen and oxygen atoms in total. The molecule has 6 heteroatoms. The highest BCUT2D eigenvalue weighted by atomic mass is 16.7. The molecule has 0 amide bonds. The Morgan fingerprint density at radius 1 is 0.939 bits per heavy atom. The summed E-state index contributed by atoms with van der Waals surface area (Å²) in [6.07, 6.45) is 1.84. The first kappa shape index (κ1) is 20.2. The maximum Gasteiger partial charge on any atom is 0.231 e. The number of ether oxygens (including phenoxy) is 5. The average molecular weight is 446 g/mol. The van der Waals surface area contributed by atoms with E-state index in [1.54, 1.807) is 14.2 Å². The van der Waals surface area contributed by atoms with Gasteiger partial charge in [-0.25, -0.2) is 0 Å². The van der Waals surface area contributed by atoms with Crippen molar-refractivity contribution < 1.29 is 23.7 Å². The van der Waals surface area contributed by atoms with E-state index < -0.39 is 0 Å². The van der Waals surface area contributed by atoms with Crippen molar-refractivity contribution in [2.75, 3.05) is 27.6 Å². The quantitative estimate of drug-likeness (QED) is 0.569. The maximum absolute atomic E-state index is 6.19. The van der Waals surface area contributed by atoms with E-state index >= 15 is 0 Å². The number of nitrogens with zero attached hydrogens (tertiary/aromatic N) is 1. The van der Waals surface area contributed by atoms with Crippen LogP contribution < -0.4 is 23.7 Å². The molecule has 3 aromatic carbocycles. The van der Waals surface area contributed by atoms with Gasteiger partial charge < -0.3 is 23.7 Å². The zero-order valence-corrected chi connectivity index (χ0v) is 18.9. The van der Waals surface area contributed by atoms with Crippen LogP contribution in [0, 0.1) is 0 Å².